The van der Waals surface area contributed by atoms with Crippen molar-refractivity contribution in [2.45, 2.75) is 13.3 Å². The number of ether oxygens (including phenoxy) is 1. The number of halogens is 1. The van der Waals surface area contributed by atoms with E-state index in [2.05, 4.69) is 32.0 Å². The molecule has 1 N–H and O–H groups in total. The monoisotopic (exact) mass is 609 g/mol. The van der Waals surface area contributed by atoms with Crippen LogP contribution in [0.2, 0.25) is 0 Å². The summed E-state index contributed by atoms with van der Waals surface area (Å²) < 4.78 is 40.7. The Bertz CT molecular complexity index is 1360. The average Bonchev–Trinajstić information content (AvgIpc) is 2.72. The number of nitrogens with zero attached hydrogens (tertiary/aromatic N) is 2. The molecule has 0 fully saturated rings. The molecular formula is C21H21IKN3O6S. The second kappa shape index (κ2) is 11.6. The first-order valence-corrected chi connectivity index (χ1v) is 11.9. The molecule has 1 amide bonds. The van der Waals surface area contributed by atoms with Crippen molar-refractivity contribution in [1.82, 2.24) is 9.62 Å². The molecule has 3 rings (SSSR count). The van der Waals surface area contributed by atoms with Crippen molar-refractivity contribution in [1.29, 1.82) is 0 Å². The zero-order valence-electron chi connectivity index (χ0n) is 18.8. The van der Waals surface area contributed by atoms with Crippen LogP contribution in [0.5, 0.6) is 5.75 Å². The first-order chi connectivity index (χ1) is 15.0. The third-order valence-electron chi connectivity index (χ3n) is 4.68. The van der Waals surface area contributed by atoms with Gasteiger partial charge in [0.25, 0.3) is 0 Å². The molecule has 0 aliphatic rings. The van der Waals surface area contributed by atoms with Gasteiger partial charge in [0, 0.05) is 37.5 Å². The standard InChI is InChI=1S/C21H21IN3O6S.K/c1-12-15-10-17(22)19(31-21(27)25(3)4)11-18(15)30-20(26)16(12)9-13-6-5-7-14(8-13)24-32(28,29)23-2;/h5-8,10-11,23H,9H2,1-4H3;/q-1;+1. The minimum absolute atomic E-state index is 0. The van der Waals surface area contributed by atoms with Gasteiger partial charge >= 0.3 is 63.1 Å². The molecular weight excluding hydrogens is 588 g/mol. The molecule has 12 heteroatoms. The Morgan fingerprint density at radius 3 is 2.58 bits per heavy atom. The second-order valence-corrected chi connectivity index (χ2v) is 9.85. The van der Waals surface area contributed by atoms with Gasteiger partial charge in [0.2, 0.25) is 0 Å². The Labute approximate surface area is 248 Å². The third kappa shape index (κ3) is 7.00. The molecule has 0 spiro atoms. The summed E-state index contributed by atoms with van der Waals surface area (Å²) in [5, 5.41) is 0.715. The molecule has 9 nitrogen and oxygen atoms in total. The number of carbonyl (C=O) groups is 1. The molecule has 0 radical (unpaired) electrons. The van der Waals surface area contributed by atoms with E-state index in [-0.39, 0.29) is 63.5 Å². The minimum Gasteiger partial charge on any atom is -0.564 e. The molecule has 0 unspecified atom stereocenters. The molecule has 1 heterocycles. The number of hydrogen-bond acceptors (Lipinski definition) is 6. The van der Waals surface area contributed by atoms with Crippen LogP contribution >= 0.6 is 22.6 Å². The van der Waals surface area contributed by atoms with E-state index in [0.717, 1.165) is 5.56 Å². The summed E-state index contributed by atoms with van der Waals surface area (Å²) in [7, 11) is 0.648. The Morgan fingerprint density at radius 2 is 1.94 bits per heavy atom. The zero-order chi connectivity index (χ0) is 23.6. The van der Waals surface area contributed by atoms with Crippen LogP contribution in [0.3, 0.4) is 0 Å². The molecule has 0 saturated heterocycles. The average molecular weight is 609 g/mol. The van der Waals surface area contributed by atoms with Gasteiger partial charge in [0.15, 0.2) is 10.2 Å². The van der Waals surface area contributed by atoms with E-state index in [4.69, 9.17) is 9.15 Å². The normalized spacial score (nSPS) is 11.1. The van der Waals surface area contributed by atoms with Gasteiger partial charge in [-0.1, -0.05) is 24.3 Å². The molecule has 170 valence electrons. The van der Waals surface area contributed by atoms with Crippen molar-refractivity contribution >= 4 is 55.6 Å². The second-order valence-electron chi connectivity index (χ2n) is 7.15. The SMILES string of the molecule is CNS(=O)(=O)[N-]c1cccc(Cc2c(C)c3cc(I)c(OC(=O)N(C)C)cc3oc2=O)c1.[K+]. The predicted molar refractivity (Wildman–Crippen MR) is 130 cm³/mol. The minimum atomic E-state index is -3.78. The molecule has 3 aromatic rings. The molecule has 0 saturated carbocycles. The van der Waals surface area contributed by atoms with Crippen molar-refractivity contribution in [3.63, 3.8) is 0 Å². The summed E-state index contributed by atoms with van der Waals surface area (Å²) in [5.74, 6) is 0.298. The van der Waals surface area contributed by atoms with E-state index in [0.29, 0.717) is 31.4 Å². The van der Waals surface area contributed by atoms with Crippen LogP contribution in [0.1, 0.15) is 16.7 Å². The van der Waals surface area contributed by atoms with Crippen molar-refractivity contribution in [3.8, 4) is 5.75 Å². The van der Waals surface area contributed by atoms with E-state index < -0.39 is 21.9 Å². The fourth-order valence-electron chi connectivity index (χ4n) is 2.97. The van der Waals surface area contributed by atoms with Crippen molar-refractivity contribution < 1.29 is 73.8 Å². The summed E-state index contributed by atoms with van der Waals surface area (Å²) in [4.78, 5) is 25.9. The summed E-state index contributed by atoms with van der Waals surface area (Å²) in [6.45, 7) is 1.82. The molecule has 33 heavy (non-hydrogen) atoms. The van der Waals surface area contributed by atoms with Crippen LogP contribution in [-0.4, -0.2) is 40.6 Å². The van der Waals surface area contributed by atoms with Crippen LogP contribution in [-0.2, 0) is 16.6 Å². The van der Waals surface area contributed by atoms with Gasteiger partial charge in [-0.15, -0.1) is 5.69 Å². The number of hydrogen-bond donors (Lipinski definition) is 1. The van der Waals surface area contributed by atoms with E-state index in [1.54, 1.807) is 44.4 Å². The number of fused-ring (bicyclic) bond motifs is 1. The smallest absolute Gasteiger partial charge is 0.564 e. The van der Waals surface area contributed by atoms with Crippen molar-refractivity contribution in [2.24, 2.45) is 0 Å². The largest absolute Gasteiger partial charge is 1.00 e. The van der Waals surface area contributed by atoms with Gasteiger partial charge in [0.05, 0.1) is 3.57 Å². The van der Waals surface area contributed by atoms with Gasteiger partial charge in [-0.3, -0.25) is 0 Å². The van der Waals surface area contributed by atoms with E-state index in [1.165, 1.54) is 18.0 Å². The quantitative estimate of drug-likeness (QED) is 0.251. The fourth-order valence-corrected chi connectivity index (χ4v) is 4.03. The topological polar surface area (TPSA) is 120 Å². The van der Waals surface area contributed by atoms with E-state index in [9.17, 15) is 18.0 Å². The van der Waals surface area contributed by atoms with Crippen LogP contribution in [0.15, 0.2) is 45.6 Å². The van der Waals surface area contributed by atoms with Gasteiger partial charge in [0.1, 0.15) is 11.3 Å². The van der Waals surface area contributed by atoms with E-state index in [1.807, 2.05) is 6.92 Å². The Morgan fingerprint density at radius 1 is 1.24 bits per heavy atom. The number of aryl methyl sites for hydroxylation is 1. The first kappa shape index (κ1) is 28.2. The van der Waals surface area contributed by atoms with Gasteiger partial charge in [-0.05, 0) is 53.8 Å². The van der Waals surface area contributed by atoms with Gasteiger partial charge in [-0.25, -0.2) is 22.7 Å². The molecule has 0 aliphatic heterocycles. The Balaban J connectivity index is 0.00000385. The number of amides is 1. The third-order valence-corrected chi connectivity index (χ3v) is 6.49. The molecule has 1 aromatic heterocycles. The summed E-state index contributed by atoms with van der Waals surface area (Å²) in [5.41, 5.74) is 1.92. The maximum absolute atomic E-state index is 12.7. The Kier molecular flexibility index (Phi) is 9.94. The Hall–Kier alpha value is -1.00. The van der Waals surface area contributed by atoms with Crippen LogP contribution in [0, 0.1) is 10.5 Å². The molecule has 2 aromatic carbocycles. The van der Waals surface area contributed by atoms with Gasteiger partial charge in [-0.2, -0.15) is 0 Å². The van der Waals surface area contributed by atoms with Crippen LogP contribution in [0.4, 0.5) is 10.5 Å². The fraction of sp³-hybridized carbons (Fsp3) is 0.238. The number of rotatable bonds is 6. The van der Waals surface area contributed by atoms with Gasteiger partial charge < -0.3 is 18.8 Å². The predicted octanol–water partition coefficient (Wildman–Crippen LogP) is 0.831. The zero-order valence-corrected chi connectivity index (χ0v) is 24.9. The summed E-state index contributed by atoms with van der Waals surface area (Å²) >= 11 is 2.06. The molecule has 0 atom stereocenters. The summed E-state index contributed by atoms with van der Waals surface area (Å²) in [6, 6.07) is 9.94. The van der Waals surface area contributed by atoms with E-state index >= 15 is 0 Å². The first-order valence-electron chi connectivity index (χ1n) is 9.41. The molecule has 0 aliphatic carbocycles. The molecule has 0 bridgehead atoms. The number of carbonyl (C=O) groups excluding carboxylic acids is 1. The number of benzene rings is 2. The van der Waals surface area contributed by atoms with Crippen molar-refractivity contribution in [2.75, 3.05) is 21.1 Å². The maximum Gasteiger partial charge on any atom is 1.00 e. The maximum atomic E-state index is 12.7. The summed E-state index contributed by atoms with van der Waals surface area (Å²) in [6.07, 6.45) is -0.301. The van der Waals surface area contributed by atoms with Crippen molar-refractivity contribution in [3.05, 3.63) is 71.8 Å². The number of nitrogens with one attached hydrogen (secondary N) is 1. The van der Waals surface area contributed by atoms with Crippen LogP contribution in [0.25, 0.3) is 15.7 Å². The van der Waals surface area contributed by atoms with Crippen LogP contribution < -0.4 is 66.5 Å².